The van der Waals surface area contributed by atoms with Crippen molar-refractivity contribution in [3.63, 3.8) is 0 Å². The lowest BCUT2D eigenvalue weighted by molar-refractivity contribution is -0.116. The smallest absolute Gasteiger partial charge is 0.242 e. The van der Waals surface area contributed by atoms with Crippen molar-refractivity contribution in [2.75, 3.05) is 11.1 Å². The number of hydrogen-bond acceptors (Lipinski definition) is 3. The van der Waals surface area contributed by atoms with Crippen LogP contribution in [0, 0.1) is 6.92 Å². The maximum Gasteiger partial charge on any atom is 0.242 e. The molecule has 0 fully saturated rings. The Bertz CT molecular complexity index is 378. The van der Waals surface area contributed by atoms with E-state index in [1.165, 1.54) is 0 Å². The summed E-state index contributed by atoms with van der Waals surface area (Å²) in [5, 5.41) is 2.86. The van der Waals surface area contributed by atoms with Gasteiger partial charge in [-0.05, 0) is 18.6 Å². The summed E-state index contributed by atoms with van der Waals surface area (Å²) < 4.78 is 0. The summed E-state index contributed by atoms with van der Waals surface area (Å²) in [6.45, 7) is 1.98. The first kappa shape index (κ1) is 9.55. The highest BCUT2D eigenvalue weighted by Gasteiger charge is 2.21. The first-order chi connectivity index (χ1) is 6.68. The number of anilines is 1. The number of nitrogens with two attached hydrogens (primary N) is 1. The highest BCUT2D eigenvalue weighted by Crippen LogP contribution is 2.32. The second kappa shape index (κ2) is 3.63. The molecule has 1 aromatic carbocycles. The maximum absolute atomic E-state index is 11.5. The molecule has 0 spiro atoms. The Balaban J connectivity index is 2.43. The number of fused-ring (bicyclic) bond motifs is 1. The van der Waals surface area contributed by atoms with Crippen LogP contribution in [0.4, 0.5) is 5.69 Å². The molecule has 3 nitrogen and oxygen atoms in total. The highest BCUT2D eigenvalue weighted by molar-refractivity contribution is 7.99. The Hall–Kier alpha value is -1.000. The Labute approximate surface area is 87.1 Å². The van der Waals surface area contributed by atoms with Gasteiger partial charge in [-0.1, -0.05) is 12.1 Å². The number of thioether (sulfide) groups is 1. The Morgan fingerprint density at radius 1 is 1.57 bits per heavy atom. The molecule has 1 atom stereocenters. The van der Waals surface area contributed by atoms with Crippen molar-refractivity contribution < 1.29 is 4.79 Å². The van der Waals surface area contributed by atoms with Crippen molar-refractivity contribution in [3.05, 3.63) is 23.8 Å². The molecule has 0 unspecified atom stereocenters. The molecule has 1 aliphatic heterocycles. The third-order valence-corrected chi connectivity index (χ3v) is 3.41. The summed E-state index contributed by atoms with van der Waals surface area (Å²) in [7, 11) is 0. The van der Waals surface area contributed by atoms with Crippen molar-refractivity contribution in [2.45, 2.75) is 17.9 Å². The van der Waals surface area contributed by atoms with Crippen molar-refractivity contribution in [1.29, 1.82) is 0 Å². The van der Waals surface area contributed by atoms with E-state index in [9.17, 15) is 4.79 Å². The summed E-state index contributed by atoms with van der Waals surface area (Å²) in [5.74, 6) is 0.549. The molecule has 1 aromatic rings. The van der Waals surface area contributed by atoms with Crippen molar-refractivity contribution >= 4 is 23.4 Å². The lowest BCUT2D eigenvalue weighted by Gasteiger charge is -2.09. The van der Waals surface area contributed by atoms with E-state index in [4.69, 9.17) is 5.73 Å². The van der Waals surface area contributed by atoms with Gasteiger partial charge in [-0.25, -0.2) is 0 Å². The molecule has 1 aliphatic rings. The summed E-state index contributed by atoms with van der Waals surface area (Å²) in [4.78, 5) is 12.6. The average molecular weight is 208 g/mol. The van der Waals surface area contributed by atoms with Crippen LogP contribution in [0.15, 0.2) is 23.1 Å². The van der Waals surface area contributed by atoms with Crippen LogP contribution in [-0.2, 0) is 4.79 Å². The van der Waals surface area contributed by atoms with E-state index in [-0.39, 0.29) is 5.91 Å². The van der Waals surface area contributed by atoms with E-state index in [0.717, 1.165) is 16.1 Å². The van der Waals surface area contributed by atoms with Crippen LogP contribution in [0.1, 0.15) is 5.56 Å². The number of nitrogens with one attached hydrogen (secondary N) is 1. The molecule has 0 aliphatic carbocycles. The van der Waals surface area contributed by atoms with Gasteiger partial charge < -0.3 is 11.1 Å². The molecule has 0 saturated heterocycles. The molecule has 1 heterocycles. The summed E-state index contributed by atoms with van der Waals surface area (Å²) in [6.07, 6.45) is 0. The van der Waals surface area contributed by atoms with Crippen molar-refractivity contribution in [2.24, 2.45) is 5.73 Å². The van der Waals surface area contributed by atoms with Gasteiger partial charge in [-0.3, -0.25) is 4.79 Å². The topological polar surface area (TPSA) is 55.1 Å². The van der Waals surface area contributed by atoms with Crippen LogP contribution >= 0.6 is 11.8 Å². The minimum absolute atomic E-state index is 0.0921. The van der Waals surface area contributed by atoms with E-state index < -0.39 is 6.04 Å². The van der Waals surface area contributed by atoms with Crippen LogP contribution in [0.3, 0.4) is 0 Å². The Morgan fingerprint density at radius 2 is 2.36 bits per heavy atom. The molecule has 4 heteroatoms. The third-order valence-electron chi connectivity index (χ3n) is 2.24. The van der Waals surface area contributed by atoms with E-state index in [1.54, 1.807) is 11.8 Å². The predicted molar refractivity (Wildman–Crippen MR) is 58.5 cm³/mol. The predicted octanol–water partition coefficient (Wildman–Crippen LogP) is 1.37. The number of hydrogen-bond donors (Lipinski definition) is 2. The van der Waals surface area contributed by atoms with E-state index in [1.807, 2.05) is 25.1 Å². The lowest BCUT2D eigenvalue weighted by Crippen LogP contribution is -2.36. The molecule has 3 N–H and O–H groups in total. The van der Waals surface area contributed by atoms with E-state index in [2.05, 4.69) is 5.32 Å². The Morgan fingerprint density at radius 3 is 3.14 bits per heavy atom. The molecule has 0 bridgehead atoms. The summed E-state index contributed by atoms with van der Waals surface area (Å²) in [5.41, 5.74) is 7.67. The minimum atomic E-state index is -0.410. The molecule has 1 amide bonds. The zero-order valence-electron chi connectivity index (χ0n) is 7.91. The lowest BCUT2D eigenvalue weighted by atomic mass is 10.2. The number of rotatable bonds is 0. The third kappa shape index (κ3) is 1.63. The normalized spacial score (nSPS) is 21.0. The van der Waals surface area contributed by atoms with Gasteiger partial charge in [0.1, 0.15) is 0 Å². The quantitative estimate of drug-likeness (QED) is 0.677. The molecule has 0 aromatic heterocycles. The van der Waals surface area contributed by atoms with Crippen LogP contribution < -0.4 is 11.1 Å². The first-order valence-electron chi connectivity index (χ1n) is 4.47. The number of para-hydroxylation sites is 1. The van der Waals surface area contributed by atoms with Gasteiger partial charge in [0.2, 0.25) is 5.91 Å². The molecular weight excluding hydrogens is 196 g/mol. The van der Waals surface area contributed by atoms with Gasteiger partial charge in [-0.2, -0.15) is 0 Å². The van der Waals surface area contributed by atoms with E-state index in [0.29, 0.717) is 5.75 Å². The number of aryl methyl sites for hydroxylation is 1. The van der Waals surface area contributed by atoms with Gasteiger partial charge in [0.05, 0.1) is 11.7 Å². The zero-order valence-corrected chi connectivity index (χ0v) is 8.73. The first-order valence-corrected chi connectivity index (χ1v) is 5.46. The van der Waals surface area contributed by atoms with Crippen molar-refractivity contribution in [1.82, 2.24) is 0 Å². The number of carbonyl (C=O) groups is 1. The average Bonchev–Trinajstić information content (AvgIpc) is 2.30. The fraction of sp³-hybridized carbons (Fsp3) is 0.300. The van der Waals surface area contributed by atoms with Gasteiger partial charge in [0.25, 0.3) is 0 Å². The fourth-order valence-corrected chi connectivity index (χ4v) is 2.43. The number of benzene rings is 1. The molecule has 0 saturated carbocycles. The SMILES string of the molecule is Cc1cccc2c1NC(=O)[C@@H](N)CS2. The maximum atomic E-state index is 11.5. The highest BCUT2D eigenvalue weighted by atomic mass is 32.2. The van der Waals surface area contributed by atoms with Crippen LogP contribution in [0.25, 0.3) is 0 Å². The van der Waals surface area contributed by atoms with Gasteiger partial charge in [-0.15, -0.1) is 11.8 Å². The summed E-state index contributed by atoms with van der Waals surface area (Å²) >= 11 is 1.63. The van der Waals surface area contributed by atoms with Crippen LogP contribution in [0.5, 0.6) is 0 Å². The monoisotopic (exact) mass is 208 g/mol. The second-order valence-corrected chi connectivity index (χ2v) is 4.42. The standard InChI is InChI=1S/C10H12N2OS/c1-6-3-2-4-8-9(6)12-10(13)7(11)5-14-8/h2-4,7H,5,11H2,1H3,(H,12,13)/t7-/m0/s1. The Kier molecular flexibility index (Phi) is 2.48. The van der Waals surface area contributed by atoms with Gasteiger partial charge in [0, 0.05) is 10.6 Å². The molecule has 74 valence electrons. The summed E-state index contributed by atoms with van der Waals surface area (Å²) in [6, 6.07) is 5.57. The van der Waals surface area contributed by atoms with Crippen molar-refractivity contribution in [3.8, 4) is 0 Å². The largest absolute Gasteiger partial charge is 0.323 e. The van der Waals surface area contributed by atoms with Gasteiger partial charge in [0.15, 0.2) is 0 Å². The minimum Gasteiger partial charge on any atom is -0.323 e. The van der Waals surface area contributed by atoms with Gasteiger partial charge >= 0.3 is 0 Å². The molecular formula is C10H12N2OS. The second-order valence-electron chi connectivity index (χ2n) is 3.35. The molecule has 0 radical (unpaired) electrons. The van der Waals surface area contributed by atoms with Crippen LogP contribution in [0.2, 0.25) is 0 Å². The van der Waals surface area contributed by atoms with E-state index >= 15 is 0 Å². The molecule has 14 heavy (non-hydrogen) atoms. The number of amides is 1. The fourth-order valence-electron chi connectivity index (χ4n) is 1.39. The molecule has 2 rings (SSSR count). The number of carbonyl (C=O) groups excluding carboxylic acids is 1. The zero-order chi connectivity index (χ0) is 10.1. The van der Waals surface area contributed by atoms with Crippen LogP contribution in [-0.4, -0.2) is 17.7 Å².